The molecule has 0 atom stereocenters. The highest BCUT2D eigenvalue weighted by Crippen LogP contribution is 2.39. The number of amides is 1. The lowest BCUT2D eigenvalue weighted by Crippen LogP contribution is -2.29. The van der Waals surface area contributed by atoms with Crippen molar-refractivity contribution in [2.75, 3.05) is 16.2 Å². The Morgan fingerprint density at radius 2 is 1.68 bits per heavy atom. The molecule has 4 rings (SSSR count). The van der Waals surface area contributed by atoms with Crippen molar-refractivity contribution in [2.45, 2.75) is 31.6 Å². The molecule has 6 nitrogen and oxygen atoms in total. The number of aryl methyl sites for hydroxylation is 1. The van der Waals surface area contributed by atoms with E-state index in [4.69, 9.17) is 4.74 Å². The van der Waals surface area contributed by atoms with E-state index in [1.807, 2.05) is 37.3 Å². The average molecular weight is 437 g/mol. The Balaban J connectivity index is 1.65. The maximum atomic E-state index is 13.2. The molecule has 0 unspecified atom stereocenters. The summed E-state index contributed by atoms with van der Waals surface area (Å²) in [6, 6.07) is 18.9. The van der Waals surface area contributed by atoms with E-state index in [-0.39, 0.29) is 10.8 Å². The molecule has 1 N–H and O–H groups in total. The number of sulfonamides is 1. The first kappa shape index (κ1) is 20.9. The lowest BCUT2D eigenvalue weighted by atomic mass is 10.1. The molecule has 0 aliphatic carbocycles. The van der Waals surface area contributed by atoms with Crippen LogP contribution in [0.4, 0.5) is 11.4 Å². The minimum atomic E-state index is -3.79. The minimum absolute atomic E-state index is 0.174. The Bertz CT molecular complexity index is 1220. The van der Waals surface area contributed by atoms with Crippen LogP contribution in [-0.2, 0) is 16.4 Å². The lowest BCUT2D eigenvalue weighted by Gasteiger charge is -2.20. The number of ether oxygens (including phenoxy) is 1. The summed E-state index contributed by atoms with van der Waals surface area (Å²) in [4.78, 5) is 15.0. The Kier molecular flexibility index (Phi) is 5.69. The van der Waals surface area contributed by atoms with Gasteiger partial charge in [-0.25, -0.2) is 8.42 Å². The Labute approximate surface area is 182 Å². The number of carbonyl (C=O) groups is 1. The smallest absolute Gasteiger partial charge is 0.262 e. The highest BCUT2D eigenvalue weighted by atomic mass is 32.2. The van der Waals surface area contributed by atoms with Gasteiger partial charge in [0.1, 0.15) is 5.75 Å². The van der Waals surface area contributed by atoms with Gasteiger partial charge in [-0.2, -0.15) is 0 Å². The standard InChI is InChI=1S/C24H24N2O4S/c1-3-7-17-10-13-19(14-11-17)31(28,29)25-18-12-15-22-20(16-18)24(27)26(4-2)21-8-5-6-9-23(21)30-22/h5-6,8-16,25H,3-4,7H2,1-2H3. The molecule has 0 saturated carbocycles. The third-order valence-corrected chi connectivity index (χ3v) is 6.57. The van der Waals surface area contributed by atoms with Crippen molar-refractivity contribution in [2.24, 2.45) is 0 Å². The molecule has 160 valence electrons. The van der Waals surface area contributed by atoms with Gasteiger partial charge in [0.05, 0.1) is 16.1 Å². The molecule has 3 aromatic carbocycles. The zero-order valence-corrected chi connectivity index (χ0v) is 18.3. The third-order valence-electron chi connectivity index (χ3n) is 5.17. The molecule has 3 aromatic rings. The average Bonchev–Trinajstić information content (AvgIpc) is 2.88. The third kappa shape index (κ3) is 4.14. The molecule has 31 heavy (non-hydrogen) atoms. The quantitative estimate of drug-likeness (QED) is 0.575. The van der Waals surface area contributed by atoms with Crippen molar-refractivity contribution in [3.63, 3.8) is 0 Å². The Hall–Kier alpha value is -3.32. The molecule has 1 amide bonds. The molecule has 0 spiro atoms. The summed E-state index contributed by atoms with van der Waals surface area (Å²) >= 11 is 0. The number of anilines is 2. The summed E-state index contributed by atoms with van der Waals surface area (Å²) in [5.41, 5.74) is 2.38. The fourth-order valence-electron chi connectivity index (χ4n) is 3.64. The summed E-state index contributed by atoms with van der Waals surface area (Å²) < 4.78 is 34.2. The molecule has 0 saturated heterocycles. The van der Waals surface area contributed by atoms with Crippen LogP contribution in [-0.4, -0.2) is 20.9 Å². The predicted molar refractivity (Wildman–Crippen MR) is 122 cm³/mol. The van der Waals surface area contributed by atoms with Gasteiger partial charge in [0.15, 0.2) is 5.75 Å². The topological polar surface area (TPSA) is 75.7 Å². The zero-order chi connectivity index (χ0) is 22.0. The highest BCUT2D eigenvalue weighted by Gasteiger charge is 2.27. The molecular weight excluding hydrogens is 412 g/mol. The summed E-state index contributed by atoms with van der Waals surface area (Å²) in [5, 5.41) is 0. The second-order valence-electron chi connectivity index (χ2n) is 7.33. The maximum absolute atomic E-state index is 13.2. The van der Waals surface area contributed by atoms with Crippen LogP contribution in [0, 0.1) is 0 Å². The summed E-state index contributed by atoms with van der Waals surface area (Å²) in [5.74, 6) is 0.727. The van der Waals surface area contributed by atoms with Crippen molar-refractivity contribution in [3.8, 4) is 11.5 Å². The van der Waals surface area contributed by atoms with Gasteiger partial charge in [0.2, 0.25) is 0 Å². The number of hydrogen-bond donors (Lipinski definition) is 1. The number of fused-ring (bicyclic) bond motifs is 2. The molecule has 7 heteroatoms. The normalized spacial score (nSPS) is 13.1. The highest BCUT2D eigenvalue weighted by molar-refractivity contribution is 7.92. The van der Waals surface area contributed by atoms with Gasteiger partial charge in [-0.3, -0.25) is 9.52 Å². The van der Waals surface area contributed by atoms with E-state index >= 15 is 0 Å². The number of hydrogen-bond acceptors (Lipinski definition) is 4. The van der Waals surface area contributed by atoms with Gasteiger partial charge in [0, 0.05) is 12.2 Å². The largest absolute Gasteiger partial charge is 0.454 e. The van der Waals surface area contributed by atoms with E-state index in [1.165, 1.54) is 6.07 Å². The lowest BCUT2D eigenvalue weighted by molar-refractivity contribution is 0.0988. The van der Waals surface area contributed by atoms with Crippen molar-refractivity contribution >= 4 is 27.3 Å². The Morgan fingerprint density at radius 1 is 0.935 bits per heavy atom. The fraction of sp³-hybridized carbons (Fsp3) is 0.208. The molecule has 0 radical (unpaired) electrons. The predicted octanol–water partition coefficient (Wildman–Crippen LogP) is 5.21. The molecule has 1 aliphatic heterocycles. The molecule has 0 fully saturated rings. The van der Waals surface area contributed by atoms with Gasteiger partial charge in [-0.1, -0.05) is 37.6 Å². The SMILES string of the molecule is CCCc1ccc(S(=O)(=O)Nc2ccc3c(c2)C(=O)N(CC)c2ccccc2O3)cc1. The second kappa shape index (κ2) is 8.43. The van der Waals surface area contributed by atoms with Gasteiger partial charge in [-0.15, -0.1) is 0 Å². The van der Waals surface area contributed by atoms with Crippen LogP contribution < -0.4 is 14.4 Å². The first-order valence-electron chi connectivity index (χ1n) is 10.3. The Morgan fingerprint density at radius 3 is 2.39 bits per heavy atom. The molecule has 0 bridgehead atoms. The van der Waals surface area contributed by atoms with Gasteiger partial charge in [0.25, 0.3) is 15.9 Å². The van der Waals surface area contributed by atoms with E-state index in [2.05, 4.69) is 11.6 Å². The fourth-order valence-corrected chi connectivity index (χ4v) is 4.69. The van der Waals surface area contributed by atoms with Gasteiger partial charge in [-0.05, 0) is 61.4 Å². The van der Waals surface area contributed by atoms with E-state index in [0.29, 0.717) is 35.0 Å². The number of para-hydroxylation sites is 2. The first-order valence-corrected chi connectivity index (χ1v) is 11.8. The van der Waals surface area contributed by atoms with Crippen LogP contribution in [0.2, 0.25) is 0 Å². The maximum Gasteiger partial charge on any atom is 0.262 e. The summed E-state index contributed by atoms with van der Waals surface area (Å²) in [7, 11) is -3.79. The number of carbonyl (C=O) groups excluding carboxylic acids is 1. The van der Waals surface area contributed by atoms with Crippen molar-refractivity contribution < 1.29 is 17.9 Å². The van der Waals surface area contributed by atoms with E-state index < -0.39 is 10.0 Å². The minimum Gasteiger partial charge on any atom is -0.454 e. The number of nitrogens with zero attached hydrogens (tertiary/aromatic N) is 1. The summed E-state index contributed by atoms with van der Waals surface area (Å²) in [6.45, 7) is 4.42. The molecular formula is C24H24N2O4S. The number of benzene rings is 3. The van der Waals surface area contributed by atoms with E-state index in [1.54, 1.807) is 35.2 Å². The van der Waals surface area contributed by atoms with Crippen molar-refractivity contribution in [3.05, 3.63) is 77.9 Å². The zero-order valence-electron chi connectivity index (χ0n) is 17.5. The molecule has 0 aromatic heterocycles. The first-order chi connectivity index (χ1) is 14.9. The van der Waals surface area contributed by atoms with Crippen LogP contribution >= 0.6 is 0 Å². The monoisotopic (exact) mass is 436 g/mol. The van der Waals surface area contributed by atoms with Crippen molar-refractivity contribution in [1.29, 1.82) is 0 Å². The number of nitrogens with one attached hydrogen (secondary N) is 1. The van der Waals surface area contributed by atoms with E-state index in [0.717, 1.165) is 18.4 Å². The molecule has 1 aliphatic rings. The van der Waals surface area contributed by atoms with Crippen molar-refractivity contribution in [1.82, 2.24) is 0 Å². The van der Waals surface area contributed by atoms with Crippen LogP contribution in [0.25, 0.3) is 0 Å². The van der Waals surface area contributed by atoms with Crippen LogP contribution in [0.1, 0.15) is 36.2 Å². The number of rotatable bonds is 6. The molecule has 1 heterocycles. The van der Waals surface area contributed by atoms with Crippen LogP contribution in [0.15, 0.2) is 71.6 Å². The van der Waals surface area contributed by atoms with Crippen LogP contribution in [0.5, 0.6) is 11.5 Å². The van der Waals surface area contributed by atoms with Gasteiger partial charge < -0.3 is 9.64 Å². The van der Waals surface area contributed by atoms with E-state index in [9.17, 15) is 13.2 Å². The van der Waals surface area contributed by atoms with Crippen LogP contribution in [0.3, 0.4) is 0 Å². The summed E-state index contributed by atoms with van der Waals surface area (Å²) in [6.07, 6.45) is 1.89. The second-order valence-corrected chi connectivity index (χ2v) is 9.01. The van der Waals surface area contributed by atoms with Gasteiger partial charge >= 0.3 is 0 Å².